The van der Waals surface area contributed by atoms with Gasteiger partial charge in [0.15, 0.2) is 4.34 Å². The maximum absolute atomic E-state index is 11.9. The zero-order chi connectivity index (χ0) is 19.4. The smallest absolute Gasteiger partial charge is 0.312 e. The summed E-state index contributed by atoms with van der Waals surface area (Å²) in [7, 11) is 0. The highest BCUT2D eigenvalue weighted by molar-refractivity contribution is 9.10. The Morgan fingerprint density at radius 2 is 2.22 bits per heavy atom. The number of nitrogens with zero attached hydrogens (tertiary/aromatic N) is 3. The van der Waals surface area contributed by atoms with E-state index in [2.05, 4.69) is 31.4 Å². The summed E-state index contributed by atoms with van der Waals surface area (Å²) in [5, 5.41) is 24.3. The Labute approximate surface area is 169 Å². The van der Waals surface area contributed by atoms with Crippen molar-refractivity contribution in [1.29, 1.82) is 0 Å². The van der Waals surface area contributed by atoms with Gasteiger partial charge in [-0.25, -0.2) is 10.4 Å². The molecule has 8 nitrogen and oxygen atoms in total. The van der Waals surface area contributed by atoms with Gasteiger partial charge in [0.2, 0.25) is 5.75 Å². The van der Waals surface area contributed by atoms with Crippen LogP contribution >= 0.6 is 39.0 Å². The summed E-state index contributed by atoms with van der Waals surface area (Å²) >= 11 is 5.85. The van der Waals surface area contributed by atoms with Crippen molar-refractivity contribution in [2.75, 3.05) is 5.75 Å². The van der Waals surface area contributed by atoms with Crippen LogP contribution in [0.25, 0.3) is 10.2 Å². The van der Waals surface area contributed by atoms with Crippen LogP contribution in [0.5, 0.6) is 5.75 Å². The first-order chi connectivity index (χ1) is 12.9. The number of para-hydroxylation sites is 1. The van der Waals surface area contributed by atoms with Crippen molar-refractivity contribution in [2.24, 2.45) is 5.10 Å². The number of carbonyl (C=O) groups excluding carboxylic acids is 1. The molecule has 138 valence electrons. The number of halogens is 1. The second kappa shape index (κ2) is 8.46. The summed E-state index contributed by atoms with van der Waals surface area (Å²) < 4.78 is 2.00. The van der Waals surface area contributed by atoms with Crippen molar-refractivity contribution in [1.82, 2.24) is 10.4 Å². The molecular weight excluding hydrogens is 456 g/mol. The minimum atomic E-state index is -0.704. The highest BCUT2D eigenvalue weighted by Gasteiger charge is 2.17. The molecule has 0 spiro atoms. The lowest BCUT2D eigenvalue weighted by Crippen LogP contribution is -2.19. The number of phenols is 1. The number of fused-ring (bicyclic) bond motifs is 1. The Morgan fingerprint density at radius 3 is 2.96 bits per heavy atom. The van der Waals surface area contributed by atoms with Crippen LogP contribution in [-0.4, -0.2) is 32.9 Å². The van der Waals surface area contributed by atoms with Gasteiger partial charge in [0.1, 0.15) is 0 Å². The fourth-order valence-electron chi connectivity index (χ4n) is 2.07. The number of thioether (sulfide) groups is 1. The maximum atomic E-state index is 11.9. The normalized spacial score (nSPS) is 11.1. The molecule has 0 bridgehead atoms. The molecule has 0 unspecified atom stereocenters. The molecular formula is C16H11BrN4O4S2. The van der Waals surface area contributed by atoms with Crippen molar-refractivity contribution in [3.63, 3.8) is 0 Å². The standard InChI is InChI=1S/C16H11BrN4O4S2/c17-10-5-9(6-12(15(10)23)21(24)25)7-18-20-14(22)8-26-16-19-11-3-1-2-4-13(11)27-16/h1-7,23H,8H2,(H,20,22)/b18-7-. The van der Waals surface area contributed by atoms with Crippen molar-refractivity contribution in [3.8, 4) is 5.75 Å². The van der Waals surface area contributed by atoms with E-state index in [0.29, 0.717) is 5.56 Å². The predicted molar refractivity (Wildman–Crippen MR) is 109 cm³/mol. The number of nitro benzene ring substituents is 1. The monoisotopic (exact) mass is 466 g/mol. The maximum Gasteiger partial charge on any atom is 0.312 e. The Kier molecular flexibility index (Phi) is 6.04. The van der Waals surface area contributed by atoms with E-state index in [1.807, 2.05) is 24.3 Å². The Bertz CT molecular complexity index is 1020. The van der Waals surface area contributed by atoms with E-state index in [9.17, 15) is 20.0 Å². The van der Waals surface area contributed by atoms with E-state index in [1.165, 1.54) is 35.4 Å². The number of nitrogens with one attached hydrogen (secondary N) is 1. The number of benzene rings is 2. The molecule has 27 heavy (non-hydrogen) atoms. The Morgan fingerprint density at radius 1 is 1.44 bits per heavy atom. The SMILES string of the molecule is O=C(CSc1nc2ccccc2s1)N/N=C\c1cc(Br)c(O)c([N+](=O)[O-])c1. The number of thiazole rings is 1. The minimum Gasteiger partial charge on any atom is -0.501 e. The second-order valence-corrected chi connectivity index (χ2v) is 8.26. The number of hydrogen-bond donors (Lipinski definition) is 2. The fraction of sp³-hybridized carbons (Fsp3) is 0.0625. The van der Waals surface area contributed by atoms with Gasteiger partial charge in [-0.3, -0.25) is 14.9 Å². The number of phenolic OH excluding ortho intramolecular Hbond substituents is 1. The van der Waals surface area contributed by atoms with Crippen LogP contribution in [0.3, 0.4) is 0 Å². The summed E-state index contributed by atoms with van der Waals surface area (Å²) in [4.78, 5) is 26.5. The zero-order valence-corrected chi connectivity index (χ0v) is 16.7. The van der Waals surface area contributed by atoms with Crippen LogP contribution in [0.1, 0.15) is 5.56 Å². The third-order valence-electron chi connectivity index (χ3n) is 3.27. The second-order valence-electron chi connectivity index (χ2n) is 5.16. The lowest BCUT2D eigenvalue weighted by Gasteiger charge is -2.01. The van der Waals surface area contributed by atoms with Gasteiger partial charge >= 0.3 is 5.69 Å². The Hall–Kier alpha value is -2.50. The molecule has 11 heteroatoms. The molecule has 0 saturated carbocycles. The number of hydrazone groups is 1. The van der Waals surface area contributed by atoms with E-state index >= 15 is 0 Å². The molecule has 1 aromatic heterocycles. The van der Waals surface area contributed by atoms with E-state index in [-0.39, 0.29) is 16.1 Å². The molecule has 0 radical (unpaired) electrons. The highest BCUT2D eigenvalue weighted by atomic mass is 79.9. The topological polar surface area (TPSA) is 118 Å². The average Bonchev–Trinajstić information content (AvgIpc) is 3.05. The molecule has 0 atom stereocenters. The first kappa shape index (κ1) is 19.3. The van der Waals surface area contributed by atoms with Crippen molar-refractivity contribution >= 4 is 67.1 Å². The van der Waals surface area contributed by atoms with Crippen LogP contribution < -0.4 is 5.43 Å². The summed E-state index contributed by atoms with van der Waals surface area (Å²) in [6.07, 6.45) is 1.26. The van der Waals surface area contributed by atoms with Gasteiger partial charge in [0.05, 0.1) is 31.6 Å². The summed E-state index contributed by atoms with van der Waals surface area (Å²) in [6, 6.07) is 10.3. The van der Waals surface area contributed by atoms with Gasteiger partial charge in [0, 0.05) is 11.6 Å². The number of amides is 1. The molecule has 0 fully saturated rings. The van der Waals surface area contributed by atoms with Crippen LogP contribution in [0, 0.1) is 10.1 Å². The molecule has 0 aliphatic rings. The minimum absolute atomic E-state index is 0.135. The molecule has 2 N–H and O–H groups in total. The van der Waals surface area contributed by atoms with Gasteiger partial charge in [-0.15, -0.1) is 11.3 Å². The van der Waals surface area contributed by atoms with Crippen LogP contribution in [0.2, 0.25) is 0 Å². The zero-order valence-electron chi connectivity index (χ0n) is 13.5. The number of carbonyl (C=O) groups is 1. The third-order valence-corrected chi connectivity index (χ3v) is 6.05. The molecule has 1 amide bonds. The summed E-state index contributed by atoms with van der Waals surface area (Å²) in [6.45, 7) is 0. The van der Waals surface area contributed by atoms with Crippen LogP contribution in [0.4, 0.5) is 5.69 Å². The van der Waals surface area contributed by atoms with Crippen LogP contribution in [0.15, 0.2) is 50.3 Å². The highest BCUT2D eigenvalue weighted by Crippen LogP contribution is 2.34. The van der Waals surface area contributed by atoms with E-state index in [4.69, 9.17) is 0 Å². The van der Waals surface area contributed by atoms with Gasteiger partial charge in [-0.1, -0.05) is 23.9 Å². The molecule has 3 aromatic rings. The summed E-state index contributed by atoms with van der Waals surface area (Å²) in [5.74, 6) is -0.660. The predicted octanol–water partition coefficient (Wildman–Crippen LogP) is 3.92. The number of hydrogen-bond acceptors (Lipinski definition) is 8. The fourth-order valence-corrected chi connectivity index (χ4v) is 4.40. The molecule has 0 aliphatic heterocycles. The molecule has 0 aliphatic carbocycles. The largest absolute Gasteiger partial charge is 0.501 e. The van der Waals surface area contributed by atoms with Crippen LogP contribution in [-0.2, 0) is 4.79 Å². The first-order valence-corrected chi connectivity index (χ1v) is 10.0. The molecule has 2 aromatic carbocycles. The van der Waals surface area contributed by atoms with Crippen molar-refractivity contribution in [3.05, 3.63) is 56.5 Å². The Balaban J connectivity index is 1.58. The van der Waals surface area contributed by atoms with Gasteiger partial charge in [-0.05, 0) is 34.1 Å². The first-order valence-electron chi connectivity index (χ1n) is 7.41. The molecule has 3 rings (SSSR count). The molecule has 1 heterocycles. The number of aromatic nitrogens is 1. The average molecular weight is 467 g/mol. The van der Waals surface area contributed by atoms with Gasteiger partial charge in [-0.2, -0.15) is 5.10 Å². The number of nitro groups is 1. The molecule has 0 saturated heterocycles. The number of rotatable bonds is 6. The quantitative estimate of drug-likeness (QED) is 0.246. The lowest BCUT2D eigenvalue weighted by molar-refractivity contribution is -0.386. The van der Waals surface area contributed by atoms with E-state index in [1.54, 1.807) is 0 Å². The van der Waals surface area contributed by atoms with Gasteiger partial charge in [0.25, 0.3) is 5.91 Å². The van der Waals surface area contributed by atoms with Crippen molar-refractivity contribution in [2.45, 2.75) is 4.34 Å². The summed E-state index contributed by atoms with van der Waals surface area (Å²) in [5.41, 5.74) is 3.15. The van der Waals surface area contributed by atoms with Gasteiger partial charge < -0.3 is 5.11 Å². The van der Waals surface area contributed by atoms with Crippen molar-refractivity contribution < 1.29 is 14.8 Å². The third kappa shape index (κ3) is 4.81. The lowest BCUT2D eigenvalue weighted by atomic mass is 10.2. The van der Waals surface area contributed by atoms with E-state index in [0.717, 1.165) is 20.6 Å². The van der Waals surface area contributed by atoms with E-state index < -0.39 is 16.4 Å². The number of aromatic hydroxyl groups is 1.